The highest BCUT2D eigenvalue weighted by atomic mass is 16.7. The minimum Gasteiger partial charge on any atom is -0.339 e. The maximum atomic E-state index is 12.1. The minimum atomic E-state index is -0.824. The second kappa shape index (κ2) is 6.61. The van der Waals surface area contributed by atoms with E-state index in [1.165, 1.54) is 12.1 Å². The summed E-state index contributed by atoms with van der Waals surface area (Å²) in [4.78, 5) is 45.1. The van der Waals surface area contributed by atoms with Crippen molar-refractivity contribution in [3.8, 4) is 0 Å². The van der Waals surface area contributed by atoms with E-state index in [2.05, 4.69) is 10.1 Å². The molecular formula is C16H15N3O5. The Hall–Kier alpha value is -3.03. The molecule has 124 valence electrons. The molecule has 0 N–H and O–H groups in total. The van der Waals surface area contributed by atoms with Crippen LogP contribution in [0.1, 0.15) is 52.2 Å². The number of fused-ring (bicyclic) bond motifs is 1. The van der Waals surface area contributed by atoms with Crippen LogP contribution in [0.5, 0.6) is 0 Å². The van der Waals surface area contributed by atoms with Crippen molar-refractivity contribution in [2.24, 2.45) is 0 Å². The van der Waals surface area contributed by atoms with Crippen molar-refractivity contribution in [2.75, 3.05) is 0 Å². The number of hydroxylamine groups is 2. The van der Waals surface area contributed by atoms with Gasteiger partial charge in [0.1, 0.15) is 6.42 Å². The molecule has 2 aromatic rings. The molecule has 2 amide bonds. The highest BCUT2D eigenvalue weighted by molar-refractivity contribution is 6.20. The van der Waals surface area contributed by atoms with Gasteiger partial charge in [0, 0.05) is 6.42 Å². The van der Waals surface area contributed by atoms with Gasteiger partial charge in [0.15, 0.2) is 5.82 Å². The number of carbonyl (C=O) groups excluding carboxylic acids is 3. The van der Waals surface area contributed by atoms with Gasteiger partial charge in [-0.1, -0.05) is 35.7 Å². The number of carbonyl (C=O) groups is 3. The minimum absolute atomic E-state index is 0.0858. The molecule has 2 heterocycles. The van der Waals surface area contributed by atoms with Gasteiger partial charge in [-0.25, -0.2) is 4.79 Å². The van der Waals surface area contributed by atoms with E-state index in [0.717, 1.165) is 12.8 Å². The first-order valence-corrected chi connectivity index (χ1v) is 7.60. The van der Waals surface area contributed by atoms with E-state index in [1.54, 1.807) is 12.1 Å². The van der Waals surface area contributed by atoms with Gasteiger partial charge >= 0.3 is 5.97 Å². The van der Waals surface area contributed by atoms with Gasteiger partial charge in [0.25, 0.3) is 11.8 Å². The number of aromatic nitrogens is 2. The maximum absolute atomic E-state index is 12.1. The molecule has 0 saturated heterocycles. The van der Waals surface area contributed by atoms with Crippen LogP contribution in [0.3, 0.4) is 0 Å². The lowest BCUT2D eigenvalue weighted by atomic mass is 10.1. The van der Waals surface area contributed by atoms with Crippen LogP contribution >= 0.6 is 0 Å². The molecule has 1 aliphatic rings. The van der Waals surface area contributed by atoms with Gasteiger partial charge in [0.05, 0.1) is 11.1 Å². The Bertz CT molecular complexity index is 764. The van der Waals surface area contributed by atoms with Gasteiger partial charge in [-0.05, 0) is 18.6 Å². The highest BCUT2D eigenvalue weighted by Crippen LogP contribution is 2.22. The van der Waals surface area contributed by atoms with Crippen molar-refractivity contribution in [1.82, 2.24) is 15.2 Å². The lowest BCUT2D eigenvalue weighted by Gasteiger charge is -2.11. The van der Waals surface area contributed by atoms with Crippen molar-refractivity contribution >= 4 is 17.8 Å². The predicted molar refractivity (Wildman–Crippen MR) is 79.6 cm³/mol. The van der Waals surface area contributed by atoms with E-state index < -0.39 is 17.8 Å². The maximum Gasteiger partial charge on any atom is 0.342 e. The molecule has 0 atom stereocenters. The Morgan fingerprint density at radius 3 is 2.50 bits per heavy atom. The normalized spacial score (nSPS) is 13.3. The summed E-state index contributed by atoms with van der Waals surface area (Å²) in [5, 5.41) is 4.22. The molecule has 0 fully saturated rings. The molecule has 1 aromatic carbocycles. The van der Waals surface area contributed by atoms with Gasteiger partial charge in [-0.2, -0.15) is 4.98 Å². The van der Waals surface area contributed by atoms with Crippen LogP contribution in [0.25, 0.3) is 0 Å². The van der Waals surface area contributed by atoms with Crippen LogP contribution < -0.4 is 0 Å². The predicted octanol–water partition coefficient (Wildman–Crippen LogP) is 1.71. The van der Waals surface area contributed by atoms with Crippen LogP contribution in [0.15, 0.2) is 28.8 Å². The molecule has 8 nitrogen and oxygen atoms in total. The molecule has 0 spiro atoms. The summed E-state index contributed by atoms with van der Waals surface area (Å²) in [6, 6.07) is 6.26. The highest BCUT2D eigenvalue weighted by Gasteiger charge is 2.38. The summed E-state index contributed by atoms with van der Waals surface area (Å²) >= 11 is 0. The van der Waals surface area contributed by atoms with E-state index in [9.17, 15) is 14.4 Å². The first-order valence-electron chi connectivity index (χ1n) is 7.60. The number of benzene rings is 1. The van der Waals surface area contributed by atoms with Crippen LogP contribution in [-0.2, 0) is 22.5 Å². The zero-order valence-electron chi connectivity index (χ0n) is 13.0. The first-order chi connectivity index (χ1) is 11.6. The molecule has 0 bridgehead atoms. The second-order valence-corrected chi connectivity index (χ2v) is 5.30. The smallest absolute Gasteiger partial charge is 0.339 e. The van der Waals surface area contributed by atoms with Crippen molar-refractivity contribution in [1.29, 1.82) is 0 Å². The van der Waals surface area contributed by atoms with E-state index in [4.69, 9.17) is 9.36 Å². The number of hydrogen-bond acceptors (Lipinski definition) is 7. The SMILES string of the molecule is CCCCc1noc(CC(=O)ON2C(=O)c3ccccc3C2=O)n1. The molecule has 0 unspecified atom stereocenters. The summed E-state index contributed by atoms with van der Waals surface area (Å²) in [5.41, 5.74) is 0.407. The van der Waals surface area contributed by atoms with E-state index in [-0.39, 0.29) is 23.4 Å². The molecule has 8 heteroatoms. The van der Waals surface area contributed by atoms with Gasteiger partial charge < -0.3 is 9.36 Å². The zero-order valence-corrected chi connectivity index (χ0v) is 13.0. The third-order valence-corrected chi connectivity index (χ3v) is 3.51. The van der Waals surface area contributed by atoms with Crippen molar-refractivity contribution in [2.45, 2.75) is 32.6 Å². The number of amides is 2. The fraction of sp³-hybridized carbons (Fsp3) is 0.312. The average Bonchev–Trinajstić information content (AvgIpc) is 3.12. The molecule has 3 rings (SSSR count). The lowest BCUT2D eigenvalue weighted by Crippen LogP contribution is -2.33. The van der Waals surface area contributed by atoms with Gasteiger partial charge in [-0.15, -0.1) is 0 Å². The second-order valence-electron chi connectivity index (χ2n) is 5.30. The van der Waals surface area contributed by atoms with Crippen LogP contribution in [-0.4, -0.2) is 33.0 Å². The van der Waals surface area contributed by atoms with E-state index in [1.807, 2.05) is 6.92 Å². The number of nitrogens with zero attached hydrogens (tertiary/aromatic N) is 3. The molecule has 1 aliphatic heterocycles. The topological polar surface area (TPSA) is 103 Å². The fourth-order valence-electron chi connectivity index (χ4n) is 2.31. The van der Waals surface area contributed by atoms with Crippen molar-refractivity contribution < 1.29 is 23.7 Å². The Labute approximate surface area is 137 Å². The summed E-state index contributed by atoms with van der Waals surface area (Å²) in [7, 11) is 0. The Morgan fingerprint density at radius 1 is 1.21 bits per heavy atom. The van der Waals surface area contributed by atoms with Crippen molar-refractivity contribution in [3.63, 3.8) is 0 Å². The monoisotopic (exact) mass is 329 g/mol. The van der Waals surface area contributed by atoms with E-state index in [0.29, 0.717) is 17.3 Å². The lowest BCUT2D eigenvalue weighted by molar-refractivity contribution is -0.168. The van der Waals surface area contributed by atoms with Crippen LogP contribution in [0.2, 0.25) is 0 Å². The molecular weight excluding hydrogens is 314 g/mol. The Morgan fingerprint density at radius 2 is 1.88 bits per heavy atom. The molecule has 24 heavy (non-hydrogen) atoms. The third-order valence-electron chi connectivity index (χ3n) is 3.51. The molecule has 1 aromatic heterocycles. The molecule has 0 radical (unpaired) electrons. The number of unbranched alkanes of at least 4 members (excludes halogenated alkanes) is 1. The van der Waals surface area contributed by atoms with E-state index >= 15 is 0 Å². The number of hydrogen-bond donors (Lipinski definition) is 0. The largest absolute Gasteiger partial charge is 0.342 e. The zero-order chi connectivity index (χ0) is 17.1. The quantitative estimate of drug-likeness (QED) is 0.743. The molecule has 0 aliphatic carbocycles. The summed E-state index contributed by atoms with van der Waals surface area (Å²) in [5.74, 6) is -1.56. The summed E-state index contributed by atoms with van der Waals surface area (Å²) in [6.45, 7) is 2.04. The number of imide groups is 1. The number of rotatable bonds is 6. The molecule has 0 saturated carbocycles. The standard InChI is InChI=1S/C16H15N3O5/c1-2-3-8-12-17-13(23-18-12)9-14(20)24-19-15(21)10-6-4-5-7-11(10)16(19)22/h4-7H,2-3,8-9H2,1H3. The fourth-order valence-corrected chi connectivity index (χ4v) is 2.31. The van der Waals surface area contributed by atoms with Crippen LogP contribution in [0.4, 0.5) is 0 Å². The first kappa shape index (κ1) is 15.9. The number of aryl methyl sites for hydroxylation is 1. The van der Waals surface area contributed by atoms with Gasteiger partial charge in [-0.3, -0.25) is 9.59 Å². The Kier molecular flexibility index (Phi) is 4.37. The van der Waals surface area contributed by atoms with Gasteiger partial charge in [0.2, 0.25) is 5.89 Å². The summed E-state index contributed by atoms with van der Waals surface area (Å²) in [6.07, 6.45) is 2.25. The summed E-state index contributed by atoms with van der Waals surface area (Å²) < 4.78 is 4.96. The third kappa shape index (κ3) is 3.03. The van der Waals surface area contributed by atoms with Crippen molar-refractivity contribution in [3.05, 3.63) is 47.1 Å². The average molecular weight is 329 g/mol. The Balaban J connectivity index is 1.63. The van der Waals surface area contributed by atoms with Crippen LogP contribution in [0, 0.1) is 0 Å².